The molecule has 6 rings (SSSR count). The normalized spacial score (nSPS) is 35.9. The largest absolute Gasteiger partial charge is 0.481 e. The molecule has 1 heterocycles. The SMILES string of the molecule is CC(C)C1=C2[C@H]3CC[C@@H]4[C@@]5(C)CC[C@H](OC(=O)CC(C)(C)C(=O)O)C(C)(C)[C@@H]5CC[C@@]4(C)[C@]3(C)CC[C@@]2(CCN(CCN(C)C)[C@H](C)c2cccnc2)CC1=O. The van der Waals surface area contributed by atoms with Crippen molar-refractivity contribution >= 4 is 17.7 Å². The monoisotopic (exact) mass is 774 g/mol. The summed E-state index contributed by atoms with van der Waals surface area (Å²) in [5, 5.41) is 9.65. The zero-order chi connectivity index (χ0) is 41.2. The highest BCUT2D eigenvalue weighted by atomic mass is 16.5. The Morgan fingerprint density at radius 1 is 0.929 bits per heavy atom. The number of carbonyl (C=O) groups is 3. The van der Waals surface area contributed by atoms with Crippen molar-refractivity contribution in [3.05, 3.63) is 41.2 Å². The van der Waals surface area contributed by atoms with Gasteiger partial charge >= 0.3 is 11.9 Å². The highest BCUT2D eigenvalue weighted by Crippen LogP contribution is 2.77. The summed E-state index contributed by atoms with van der Waals surface area (Å²) < 4.78 is 6.21. The van der Waals surface area contributed by atoms with E-state index in [0.717, 1.165) is 76.6 Å². The summed E-state index contributed by atoms with van der Waals surface area (Å²) in [6.45, 7) is 25.4. The molecule has 8 heteroatoms. The Bertz CT molecular complexity index is 1680. The Balaban J connectivity index is 1.27. The summed E-state index contributed by atoms with van der Waals surface area (Å²) in [5.74, 6) is 0.621. The first-order valence-corrected chi connectivity index (χ1v) is 22.0. The molecule has 4 saturated carbocycles. The molecule has 0 amide bonds. The molecular formula is C48H75N3O5. The zero-order valence-electron chi connectivity index (χ0n) is 37.1. The maximum atomic E-state index is 14.3. The number of ether oxygens (including phenoxy) is 1. The van der Waals surface area contributed by atoms with Gasteiger partial charge in [-0.2, -0.15) is 0 Å². The fourth-order valence-corrected chi connectivity index (χ4v) is 13.9. The van der Waals surface area contributed by atoms with E-state index in [-0.39, 0.29) is 51.6 Å². The van der Waals surface area contributed by atoms with Crippen molar-refractivity contribution in [3.8, 4) is 0 Å². The number of carboxylic acid groups (broad SMARTS) is 1. The van der Waals surface area contributed by atoms with E-state index in [1.807, 2.05) is 18.5 Å². The summed E-state index contributed by atoms with van der Waals surface area (Å²) >= 11 is 0. The molecule has 1 N–H and O–H groups in total. The van der Waals surface area contributed by atoms with Crippen LogP contribution in [0.5, 0.6) is 0 Å². The van der Waals surface area contributed by atoms with Crippen molar-refractivity contribution in [2.45, 2.75) is 152 Å². The van der Waals surface area contributed by atoms with Gasteiger partial charge in [-0.25, -0.2) is 0 Å². The Morgan fingerprint density at radius 3 is 2.27 bits per heavy atom. The maximum Gasteiger partial charge on any atom is 0.309 e. The number of carbonyl (C=O) groups excluding carboxylic acids is 2. The minimum absolute atomic E-state index is 0.0741. The van der Waals surface area contributed by atoms with Crippen LogP contribution in [-0.2, 0) is 19.1 Å². The van der Waals surface area contributed by atoms with Gasteiger partial charge in [-0.15, -0.1) is 0 Å². The van der Waals surface area contributed by atoms with Crippen LogP contribution in [0.3, 0.4) is 0 Å². The number of esters is 1. The van der Waals surface area contributed by atoms with Crippen LogP contribution < -0.4 is 0 Å². The number of pyridine rings is 1. The number of aromatic nitrogens is 1. The second-order valence-corrected chi connectivity index (χ2v) is 21.7. The summed E-state index contributed by atoms with van der Waals surface area (Å²) in [4.78, 5) is 48.6. The van der Waals surface area contributed by atoms with Gasteiger partial charge in [0.1, 0.15) is 6.10 Å². The second kappa shape index (κ2) is 15.2. The van der Waals surface area contributed by atoms with Gasteiger partial charge in [0, 0.05) is 48.8 Å². The number of hydrogen-bond acceptors (Lipinski definition) is 7. The third-order valence-electron chi connectivity index (χ3n) is 17.4. The van der Waals surface area contributed by atoms with Crippen molar-refractivity contribution in [2.75, 3.05) is 33.7 Å². The number of likely N-dealkylation sites (N-methyl/N-ethyl adjacent to an activating group) is 1. The molecule has 56 heavy (non-hydrogen) atoms. The first kappa shape index (κ1) is 43.0. The summed E-state index contributed by atoms with van der Waals surface area (Å²) in [6.07, 6.45) is 13.8. The van der Waals surface area contributed by atoms with E-state index in [2.05, 4.69) is 90.3 Å². The predicted molar refractivity (Wildman–Crippen MR) is 223 cm³/mol. The van der Waals surface area contributed by atoms with Gasteiger partial charge in [-0.3, -0.25) is 24.3 Å². The van der Waals surface area contributed by atoms with Crippen LogP contribution in [-0.4, -0.2) is 77.4 Å². The highest BCUT2D eigenvalue weighted by Gasteiger charge is 2.70. The van der Waals surface area contributed by atoms with E-state index in [0.29, 0.717) is 30.0 Å². The lowest BCUT2D eigenvalue weighted by molar-refractivity contribution is -0.233. The quantitative estimate of drug-likeness (QED) is 0.198. The lowest BCUT2D eigenvalue weighted by Gasteiger charge is -2.72. The molecule has 0 aromatic carbocycles. The number of fused-ring (bicyclic) bond motifs is 7. The van der Waals surface area contributed by atoms with E-state index >= 15 is 0 Å². The number of carboxylic acids is 1. The first-order chi connectivity index (χ1) is 26.0. The highest BCUT2D eigenvalue weighted by molar-refractivity contribution is 6.00. The lowest BCUT2D eigenvalue weighted by atomic mass is 9.33. The predicted octanol–water partition coefficient (Wildman–Crippen LogP) is 9.79. The van der Waals surface area contributed by atoms with Crippen LogP contribution in [0.25, 0.3) is 0 Å². The molecule has 4 fully saturated rings. The lowest BCUT2D eigenvalue weighted by Crippen LogP contribution is -2.65. The van der Waals surface area contributed by atoms with Gasteiger partial charge in [0.15, 0.2) is 5.78 Å². The van der Waals surface area contributed by atoms with Gasteiger partial charge in [-0.05, 0) is 156 Å². The van der Waals surface area contributed by atoms with Crippen LogP contribution in [0, 0.1) is 56.2 Å². The van der Waals surface area contributed by atoms with E-state index < -0.39 is 17.4 Å². The molecule has 5 aliphatic carbocycles. The van der Waals surface area contributed by atoms with Crippen LogP contribution in [0.1, 0.15) is 151 Å². The van der Waals surface area contributed by atoms with Crippen molar-refractivity contribution < 1.29 is 24.2 Å². The van der Waals surface area contributed by atoms with Gasteiger partial charge in [0.25, 0.3) is 0 Å². The number of hydrogen-bond donors (Lipinski definition) is 1. The van der Waals surface area contributed by atoms with Gasteiger partial charge in [-0.1, -0.05) is 60.1 Å². The minimum Gasteiger partial charge on any atom is -0.481 e. The molecule has 0 unspecified atom stereocenters. The molecule has 1 aromatic heterocycles. The third kappa shape index (κ3) is 7.13. The van der Waals surface area contributed by atoms with E-state index in [1.54, 1.807) is 19.4 Å². The summed E-state index contributed by atoms with van der Waals surface area (Å²) in [5.41, 5.74) is 2.86. The number of allylic oxidation sites excluding steroid dienone is 2. The van der Waals surface area contributed by atoms with Crippen molar-refractivity contribution in [2.24, 2.45) is 56.2 Å². The zero-order valence-corrected chi connectivity index (χ0v) is 37.1. The van der Waals surface area contributed by atoms with Gasteiger partial charge < -0.3 is 14.7 Å². The molecule has 9 atom stereocenters. The number of Topliss-reactive ketones (excluding diaryl/α,β-unsaturated/α-hetero) is 1. The Morgan fingerprint density at radius 2 is 1.64 bits per heavy atom. The van der Waals surface area contributed by atoms with E-state index in [4.69, 9.17) is 4.74 Å². The number of ketones is 1. The fraction of sp³-hybridized carbons (Fsp3) is 0.792. The van der Waals surface area contributed by atoms with Gasteiger partial charge in [0.05, 0.1) is 11.8 Å². The number of nitrogens with zero attached hydrogens (tertiary/aromatic N) is 3. The van der Waals surface area contributed by atoms with Crippen LogP contribution >= 0.6 is 0 Å². The molecule has 0 aliphatic heterocycles. The van der Waals surface area contributed by atoms with Crippen molar-refractivity contribution in [3.63, 3.8) is 0 Å². The Hall–Kier alpha value is -2.58. The Kier molecular flexibility index (Phi) is 11.7. The molecule has 312 valence electrons. The minimum atomic E-state index is -1.15. The molecular weight excluding hydrogens is 699 g/mol. The maximum absolute atomic E-state index is 14.3. The number of rotatable bonds is 13. The number of aliphatic carboxylic acids is 1. The van der Waals surface area contributed by atoms with E-state index in [1.165, 1.54) is 12.0 Å². The molecule has 8 nitrogen and oxygen atoms in total. The smallest absolute Gasteiger partial charge is 0.309 e. The summed E-state index contributed by atoms with van der Waals surface area (Å²) in [7, 11) is 4.30. The molecule has 0 radical (unpaired) electrons. The average Bonchev–Trinajstić information content (AvgIpc) is 3.41. The molecule has 0 spiro atoms. The van der Waals surface area contributed by atoms with Crippen LogP contribution in [0.15, 0.2) is 35.7 Å². The van der Waals surface area contributed by atoms with Crippen molar-refractivity contribution in [1.82, 2.24) is 14.8 Å². The summed E-state index contributed by atoms with van der Waals surface area (Å²) in [6, 6.07) is 4.48. The average molecular weight is 774 g/mol. The van der Waals surface area contributed by atoms with E-state index in [9.17, 15) is 19.5 Å². The molecule has 1 aromatic rings. The topological polar surface area (TPSA) is 100 Å². The first-order valence-electron chi connectivity index (χ1n) is 22.0. The Labute approximate surface area is 339 Å². The molecule has 0 bridgehead atoms. The van der Waals surface area contributed by atoms with Crippen molar-refractivity contribution in [1.29, 1.82) is 0 Å². The van der Waals surface area contributed by atoms with Crippen LogP contribution in [0.4, 0.5) is 0 Å². The van der Waals surface area contributed by atoms with Gasteiger partial charge in [0.2, 0.25) is 0 Å². The van der Waals surface area contributed by atoms with Crippen LogP contribution in [0.2, 0.25) is 0 Å². The molecule has 5 aliphatic rings. The third-order valence-corrected chi connectivity index (χ3v) is 17.4. The standard InChI is InChI=1S/C48H75N3O5/c1-31(2)40-35(52)28-48(23-25-51(27-26-50(11)12)32(3)33-14-13-24-49-30-33)22-21-46(9)34(41(40)48)15-16-37-45(8)19-18-38(56-39(53)29-43(4,5)42(54)55)44(6,7)36(45)17-20-47(37,46)10/h13-14,24,30-32,34,36-38H,15-23,25-29H2,1-12H3,(H,54,55)/t32-,34-,36+,37-,38+,45+,46-,47-,48-/m1/s1. The fourth-order valence-electron chi connectivity index (χ4n) is 13.9. The molecule has 0 saturated heterocycles. The second-order valence-electron chi connectivity index (χ2n) is 21.7.